The van der Waals surface area contributed by atoms with Crippen molar-refractivity contribution in [3.8, 4) is 11.4 Å². The molecule has 2 N–H and O–H groups in total. The lowest BCUT2D eigenvalue weighted by molar-refractivity contribution is -0.130. The molecule has 198 valence electrons. The zero-order valence-corrected chi connectivity index (χ0v) is 22.7. The number of hydrogen-bond acceptors (Lipinski definition) is 7. The van der Waals surface area contributed by atoms with E-state index in [0.29, 0.717) is 48.4 Å². The third-order valence-corrected chi connectivity index (χ3v) is 7.97. The van der Waals surface area contributed by atoms with Crippen molar-refractivity contribution in [3.05, 3.63) is 65.3 Å². The molecule has 2 saturated heterocycles. The molecule has 9 heteroatoms. The van der Waals surface area contributed by atoms with Crippen LogP contribution in [0.25, 0.3) is 11.4 Å². The summed E-state index contributed by atoms with van der Waals surface area (Å²) in [6.45, 7) is 10.8. The topological polar surface area (TPSA) is 104 Å². The van der Waals surface area contributed by atoms with Crippen LogP contribution in [0.4, 0.5) is 0 Å². The molecule has 3 aromatic rings. The number of likely N-dealkylation sites (tertiary alicyclic amines) is 1. The maximum Gasteiger partial charge on any atom is 0.231 e. The quantitative estimate of drug-likeness (QED) is 0.495. The van der Waals surface area contributed by atoms with Gasteiger partial charge in [-0.25, -0.2) is 0 Å². The highest BCUT2D eigenvalue weighted by molar-refractivity contribution is 5.85. The predicted molar refractivity (Wildman–Crippen MR) is 144 cm³/mol. The molecule has 37 heavy (non-hydrogen) atoms. The number of aromatic nitrogens is 3. The molecule has 0 bridgehead atoms. The fourth-order valence-electron chi connectivity index (χ4n) is 5.47. The highest BCUT2D eigenvalue weighted by Crippen LogP contribution is 2.48. The largest absolute Gasteiger partial charge is 0.380 e. The molecule has 2 aromatic heterocycles. The first-order chi connectivity index (χ1) is 17.2. The van der Waals surface area contributed by atoms with Gasteiger partial charge in [-0.3, -0.25) is 9.78 Å². The first kappa shape index (κ1) is 27.2. The van der Waals surface area contributed by atoms with Crippen LogP contribution in [-0.2, 0) is 10.4 Å². The van der Waals surface area contributed by atoms with Gasteiger partial charge in [0, 0.05) is 62.0 Å². The molecular formula is C28H36ClN5O3. The maximum atomic E-state index is 12.3. The molecule has 8 nitrogen and oxygen atoms in total. The number of aliphatic hydroxyl groups is 1. The molecule has 2 atom stereocenters. The van der Waals surface area contributed by atoms with Gasteiger partial charge in [-0.05, 0) is 36.0 Å². The number of pyridine rings is 1. The van der Waals surface area contributed by atoms with Crippen LogP contribution in [0.5, 0.6) is 0 Å². The van der Waals surface area contributed by atoms with Crippen LogP contribution in [0.1, 0.15) is 75.0 Å². The fourth-order valence-corrected chi connectivity index (χ4v) is 5.47. The number of rotatable bonds is 6. The van der Waals surface area contributed by atoms with Crippen molar-refractivity contribution in [3.63, 3.8) is 0 Å². The lowest BCUT2D eigenvalue weighted by Gasteiger charge is -2.52. The summed E-state index contributed by atoms with van der Waals surface area (Å²) in [6.07, 6.45) is 5.25. The summed E-state index contributed by atoms with van der Waals surface area (Å²) in [7, 11) is 0. The Morgan fingerprint density at radius 3 is 2.57 bits per heavy atom. The summed E-state index contributed by atoms with van der Waals surface area (Å²) < 4.78 is 5.63. The van der Waals surface area contributed by atoms with E-state index in [9.17, 15) is 9.90 Å². The Hall–Kier alpha value is -2.81. The third kappa shape index (κ3) is 4.90. The lowest BCUT2D eigenvalue weighted by atomic mass is 9.63. The van der Waals surface area contributed by atoms with E-state index in [2.05, 4.69) is 53.3 Å². The Balaban J connectivity index is 0.00000320. The van der Waals surface area contributed by atoms with Gasteiger partial charge in [-0.2, -0.15) is 4.98 Å². The van der Waals surface area contributed by atoms with E-state index in [1.807, 2.05) is 23.1 Å². The number of amides is 1. The second-order valence-electron chi connectivity index (χ2n) is 10.9. The average molecular weight is 526 g/mol. The summed E-state index contributed by atoms with van der Waals surface area (Å²) in [5.41, 5.74) is 1.83. The van der Waals surface area contributed by atoms with Crippen molar-refractivity contribution < 1.29 is 14.4 Å². The first-order valence-electron chi connectivity index (χ1n) is 12.8. The summed E-state index contributed by atoms with van der Waals surface area (Å²) >= 11 is 0. The van der Waals surface area contributed by atoms with Gasteiger partial charge >= 0.3 is 0 Å². The SMILES string of the molecule is CC(=O)N1CCC[C@@H](c2nc(-c3cncc([C@@](O)(c4ccc(C(C)C)cc4)C4(C)CNC4)c3)no2)C1.Cl. The minimum absolute atomic E-state index is 0. The molecule has 2 aliphatic heterocycles. The van der Waals surface area contributed by atoms with E-state index in [1.54, 1.807) is 19.3 Å². The third-order valence-electron chi connectivity index (χ3n) is 7.97. The van der Waals surface area contributed by atoms with E-state index in [1.165, 1.54) is 5.56 Å². The number of hydrogen-bond donors (Lipinski definition) is 2. The van der Waals surface area contributed by atoms with Crippen molar-refractivity contribution in [2.75, 3.05) is 26.2 Å². The molecule has 5 rings (SSSR count). The van der Waals surface area contributed by atoms with Crippen LogP contribution in [0.15, 0.2) is 47.2 Å². The molecule has 4 heterocycles. The van der Waals surface area contributed by atoms with Crippen LogP contribution in [0.3, 0.4) is 0 Å². The summed E-state index contributed by atoms with van der Waals surface area (Å²) in [5, 5.41) is 19.9. The van der Waals surface area contributed by atoms with Crippen molar-refractivity contribution in [2.45, 2.75) is 58.0 Å². The molecule has 0 aliphatic carbocycles. The van der Waals surface area contributed by atoms with Crippen LogP contribution in [0.2, 0.25) is 0 Å². The van der Waals surface area contributed by atoms with Crippen LogP contribution in [-0.4, -0.2) is 57.2 Å². The Labute approximate surface area is 224 Å². The second kappa shape index (κ2) is 10.5. The summed E-state index contributed by atoms with van der Waals surface area (Å²) in [4.78, 5) is 22.8. The minimum Gasteiger partial charge on any atom is -0.380 e. The number of piperidine rings is 1. The molecule has 0 radical (unpaired) electrons. The first-order valence-corrected chi connectivity index (χ1v) is 12.8. The number of nitrogens with zero attached hydrogens (tertiary/aromatic N) is 4. The summed E-state index contributed by atoms with van der Waals surface area (Å²) in [5.74, 6) is 1.48. The molecule has 0 saturated carbocycles. The average Bonchev–Trinajstić information content (AvgIpc) is 3.37. The van der Waals surface area contributed by atoms with Gasteiger partial charge in [0.05, 0.1) is 5.92 Å². The Bertz CT molecular complexity index is 1240. The number of carbonyl (C=O) groups excluding carboxylic acids is 1. The van der Waals surface area contributed by atoms with Gasteiger partial charge in [-0.1, -0.05) is 50.2 Å². The molecule has 1 aromatic carbocycles. The van der Waals surface area contributed by atoms with E-state index in [-0.39, 0.29) is 24.2 Å². The van der Waals surface area contributed by atoms with E-state index < -0.39 is 11.0 Å². The van der Waals surface area contributed by atoms with Crippen molar-refractivity contribution in [1.82, 2.24) is 25.3 Å². The monoisotopic (exact) mass is 525 g/mol. The standard InChI is InChI=1S/C28H35N5O3.ClH/c1-18(2)20-7-9-23(10-8-20)28(35,27(4)16-30-17-27)24-12-22(13-29-14-24)25-31-26(36-32-25)21-6-5-11-33(15-21)19(3)34;/h7-10,12-14,18,21,30,35H,5-6,11,15-17H2,1-4H3;1H/t21-,28+;/m1./s1. The maximum absolute atomic E-state index is 12.3. The zero-order valence-electron chi connectivity index (χ0n) is 21.9. The Morgan fingerprint density at radius 2 is 1.95 bits per heavy atom. The lowest BCUT2D eigenvalue weighted by Crippen LogP contribution is -2.63. The van der Waals surface area contributed by atoms with Crippen LogP contribution < -0.4 is 5.32 Å². The van der Waals surface area contributed by atoms with Gasteiger partial charge in [0.15, 0.2) is 0 Å². The molecule has 2 aliphatic rings. The number of benzene rings is 1. The molecular weight excluding hydrogens is 490 g/mol. The highest BCUT2D eigenvalue weighted by Gasteiger charge is 2.53. The van der Waals surface area contributed by atoms with E-state index in [0.717, 1.165) is 24.9 Å². The number of carbonyl (C=O) groups is 1. The van der Waals surface area contributed by atoms with Crippen molar-refractivity contribution in [2.24, 2.45) is 5.41 Å². The highest BCUT2D eigenvalue weighted by atomic mass is 35.5. The van der Waals surface area contributed by atoms with Gasteiger partial charge < -0.3 is 19.8 Å². The van der Waals surface area contributed by atoms with Crippen molar-refractivity contribution >= 4 is 18.3 Å². The number of nitrogens with one attached hydrogen (secondary N) is 1. The van der Waals surface area contributed by atoms with Crippen molar-refractivity contribution in [1.29, 1.82) is 0 Å². The van der Waals surface area contributed by atoms with Crippen LogP contribution >= 0.6 is 12.4 Å². The zero-order chi connectivity index (χ0) is 25.5. The Morgan fingerprint density at radius 1 is 1.22 bits per heavy atom. The Kier molecular flexibility index (Phi) is 7.74. The minimum atomic E-state index is -1.24. The van der Waals surface area contributed by atoms with E-state index in [4.69, 9.17) is 4.52 Å². The van der Waals surface area contributed by atoms with Crippen LogP contribution in [0, 0.1) is 5.41 Å². The van der Waals surface area contributed by atoms with E-state index >= 15 is 0 Å². The molecule has 0 unspecified atom stereocenters. The van der Waals surface area contributed by atoms with Gasteiger partial charge in [-0.15, -0.1) is 12.4 Å². The predicted octanol–water partition coefficient (Wildman–Crippen LogP) is 4.25. The molecule has 0 spiro atoms. The fraction of sp³-hybridized carbons (Fsp3) is 0.500. The molecule has 2 fully saturated rings. The summed E-state index contributed by atoms with van der Waals surface area (Å²) in [6, 6.07) is 10.2. The normalized spacial score (nSPS) is 20.6. The molecule has 1 amide bonds. The van der Waals surface area contributed by atoms with Gasteiger partial charge in [0.25, 0.3) is 0 Å². The van der Waals surface area contributed by atoms with Gasteiger partial charge in [0.1, 0.15) is 5.60 Å². The smallest absolute Gasteiger partial charge is 0.231 e. The number of halogens is 1. The second-order valence-corrected chi connectivity index (χ2v) is 10.9. The van der Waals surface area contributed by atoms with Gasteiger partial charge in [0.2, 0.25) is 17.6 Å².